The molecule has 0 heterocycles. The van der Waals surface area contributed by atoms with Crippen LogP contribution >= 0.6 is 11.6 Å². The largest absolute Gasteiger partial charge is 0.502 e. The molecule has 0 spiro atoms. The molecule has 5 nitrogen and oxygen atoms in total. The number of nitro benzene ring substituents is 1. The highest BCUT2D eigenvalue weighted by molar-refractivity contribution is 6.31. The summed E-state index contributed by atoms with van der Waals surface area (Å²) in [6.07, 6.45) is 0.146. The third-order valence-electron chi connectivity index (χ3n) is 1.51. The van der Waals surface area contributed by atoms with Crippen LogP contribution < -0.4 is 0 Å². The van der Waals surface area contributed by atoms with E-state index in [4.69, 9.17) is 16.7 Å². The fraction of sp³-hybridized carbons (Fsp3) is 0. The fourth-order valence-electron chi connectivity index (χ4n) is 0.878. The van der Waals surface area contributed by atoms with Crippen LogP contribution in [0.5, 0.6) is 5.75 Å². The van der Waals surface area contributed by atoms with Gasteiger partial charge in [0.2, 0.25) is 11.6 Å². The average molecular weight is 220 g/mol. The van der Waals surface area contributed by atoms with Gasteiger partial charge in [0.05, 0.1) is 15.5 Å². The number of phenols is 1. The first-order chi connectivity index (χ1) is 6.49. The summed E-state index contributed by atoms with van der Waals surface area (Å²) in [6.45, 7) is 0. The molecule has 1 N–H and O–H groups in total. The van der Waals surface area contributed by atoms with Crippen molar-refractivity contribution in [2.75, 3.05) is 0 Å². The van der Waals surface area contributed by atoms with E-state index < -0.39 is 32.8 Å². The van der Waals surface area contributed by atoms with E-state index in [9.17, 15) is 19.3 Å². The molecule has 0 bridgehead atoms. The lowest BCUT2D eigenvalue weighted by Gasteiger charge is -2.01. The van der Waals surface area contributed by atoms with Crippen molar-refractivity contribution in [3.05, 3.63) is 32.6 Å². The lowest BCUT2D eigenvalue weighted by Crippen LogP contribution is -1.97. The van der Waals surface area contributed by atoms with Crippen molar-refractivity contribution < 1.29 is 19.2 Å². The Morgan fingerprint density at radius 3 is 2.64 bits per heavy atom. The number of aldehydes is 1. The summed E-state index contributed by atoms with van der Waals surface area (Å²) in [7, 11) is 0. The van der Waals surface area contributed by atoms with Crippen LogP contribution in [0.2, 0.25) is 5.02 Å². The minimum absolute atomic E-state index is 0.146. The first kappa shape index (κ1) is 10.4. The van der Waals surface area contributed by atoms with Crippen LogP contribution in [0.15, 0.2) is 6.07 Å². The molecule has 0 atom stereocenters. The number of hydrogen-bond acceptors (Lipinski definition) is 4. The first-order valence-corrected chi connectivity index (χ1v) is 3.67. The number of halogens is 2. The number of nitro groups is 1. The Balaban J connectivity index is 3.61. The molecule has 0 aromatic heterocycles. The van der Waals surface area contributed by atoms with E-state index in [1.807, 2.05) is 0 Å². The number of phenolic OH excluding ortho intramolecular Hbond substituents is 1. The molecule has 0 saturated carbocycles. The second kappa shape index (κ2) is 3.59. The maximum atomic E-state index is 13.0. The Labute approximate surface area is 81.9 Å². The number of carbonyl (C=O) groups excluding carboxylic acids is 1. The lowest BCUT2D eigenvalue weighted by atomic mass is 10.2. The van der Waals surface area contributed by atoms with Gasteiger partial charge in [0, 0.05) is 0 Å². The highest BCUT2D eigenvalue weighted by Gasteiger charge is 2.26. The van der Waals surface area contributed by atoms with Crippen molar-refractivity contribution in [3.8, 4) is 5.75 Å². The molecule has 14 heavy (non-hydrogen) atoms. The second-order valence-corrected chi connectivity index (χ2v) is 2.74. The zero-order chi connectivity index (χ0) is 10.9. The van der Waals surface area contributed by atoms with Gasteiger partial charge in [-0.2, -0.15) is 4.39 Å². The van der Waals surface area contributed by atoms with Crippen LogP contribution in [-0.2, 0) is 0 Å². The summed E-state index contributed by atoms with van der Waals surface area (Å²) in [5.74, 6) is -2.38. The predicted octanol–water partition coefficient (Wildman–Crippen LogP) is 1.91. The summed E-state index contributed by atoms with van der Waals surface area (Å²) in [5, 5.41) is 18.8. The van der Waals surface area contributed by atoms with Crippen LogP contribution in [0.4, 0.5) is 10.1 Å². The molecule has 0 saturated heterocycles. The van der Waals surface area contributed by atoms with Gasteiger partial charge in [-0.3, -0.25) is 14.9 Å². The Kier molecular flexibility index (Phi) is 2.66. The van der Waals surface area contributed by atoms with Crippen LogP contribution in [0.25, 0.3) is 0 Å². The number of benzene rings is 1. The molecule has 0 aliphatic rings. The van der Waals surface area contributed by atoms with Crippen molar-refractivity contribution in [2.24, 2.45) is 0 Å². The zero-order valence-electron chi connectivity index (χ0n) is 6.53. The Morgan fingerprint density at radius 1 is 1.64 bits per heavy atom. The van der Waals surface area contributed by atoms with Crippen molar-refractivity contribution in [1.82, 2.24) is 0 Å². The van der Waals surface area contributed by atoms with Gasteiger partial charge in [0.15, 0.2) is 6.29 Å². The molecule has 1 rings (SSSR count). The number of carbonyl (C=O) groups is 1. The van der Waals surface area contributed by atoms with E-state index in [-0.39, 0.29) is 6.29 Å². The molecule has 0 aliphatic heterocycles. The molecule has 0 amide bonds. The maximum absolute atomic E-state index is 13.0. The molecule has 1 aromatic carbocycles. The summed E-state index contributed by atoms with van der Waals surface area (Å²) in [5.41, 5.74) is -1.62. The Hall–Kier alpha value is -1.69. The summed E-state index contributed by atoms with van der Waals surface area (Å²) in [4.78, 5) is 19.4. The topological polar surface area (TPSA) is 80.4 Å². The third kappa shape index (κ3) is 1.51. The number of aromatic hydroxyl groups is 1. The molecule has 74 valence electrons. The van der Waals surface area contributed by atoms with E-state index in [0.29, 0.717) is 0 Å². The smallest absolute Gasteiger partial charge is 0.348 e. The van der Waals surface area contributed by atoms with Gasteiger partial charge in [-0.25, -0.2) is 0 Å². The monoisotopic (exact) mass is 219 g/mol. The van der Waals surface area contributed by atoms with Crippen LogP contribution in [-0.4, -0.2) is 16.3 Å². The molecule has 0 unspecified atom stereocenters. The maximum Gasteiger partial charge on any atom is 0.348 e. The minimum Gasteiger partial charge on any atom is -0.502 e. The molecule has 0 fully saturated rings. The van der Waals surface area contributed by atoms with Gasteiger partial charge in [-0.05, 0) is 6.07 Å². The number of rotatable bonds is 2. The van der Waals surface area contributed by atoms with E-state index in [2.05, 4.69) is 0 Å². The SMILES string of the molecule is O=Cc1cc(Cl)c(F)c([N+](=O)[O-])c1O. The van der Waals surface area contributed by atoms with Gasteiger partial charge in [-0.1, -0.05) is 11.6 Å². The van der Waals surface area contributed by atoms with E-state index >= 15 is 0 Å². The molecule has 1 aromatic rings. The van der Waals surface area contributed by atoms with Gasteiger partial charge >= 0.3 is 5.69 Å². The Morgan fingerprint density at radius 2 is 2.21 bits per heavy atom. The van der Waals surface area contributed by atoms with Gasteiger partial charge in [-0.15, -0.1) is 0 Å². The molecular weight excluding hydrogens is 217 g/mol. The minimum atomic E-state index is -1.36. The summed E-state index contributed by atoms with van der Waals surface area (Å²) in [6, 6.07) is 0.812. The van der Waals surface area contributed by atoms with E-state index in [1.54, 1.807) is 0 Å². The Bertz CT molecular complexity index is 421. The molecular formula is C7H3ClFNO4. The fourth-order valence-corrected chi connectivity index (χ4v) is 1.09. The van der Waals surface area contributed by atoms with Crippen molar-refractivity contribution >= 4 is 23.6 Å². The van der Waals surface area contributed by atoms with E-state index in [0.717, 1.165) is 6.07 Å². The number of hydrogen-bond donors (Lipinski definition) is 1. The van der Waals surface area contributed by atoms with Crippen LogP contribution in [0.3, 0.4) is 0 Å². The molecule has 7 heteroatoms. The standard InChI is InChI=1S/C7H3ClFNO4/c8-4-1-3(2-11)7(12)6(5(4)9)10(13)14/h1-2,12H. The summed E-state index contributed by atoms with van der Waals surface area (Å²) < 4.78 is 13.0. The van der Waals surface area contributed by atoms with Gasteiger partial charge in [0.1, 0.15) is 0 Å². The summed E-state index contributed by atoms with van der Waals surface area (Å²) >= 11 is 5.26. The molecule has 0 radical (unpaired) electrons. The quantitative estimate of drug-likeness (QED) is 0.468. The van der Waals surface area contributed by atoms with Gasteiger partial charge in [0.25, 0.3) is 0 Å². The molecule has 0 aliphatic carbocycles. The van der Waals surface area contributed by atoms with Crippen LogP contribution in [0.1, 0.15) is 10.4 Å². The normalized spacial score (nSPS) is 9.86. The second-order valence-electron chi connectivity index (χ2n) is 2.33. The van der Waals surface area contributed by atoms with Crippen molar-refractivity contribution in [1.29, 1.82) is 0 Å². The van der Waals surface area contributed by atoms with Crippen molar-refractivity contribution in [2.45, 2.75) is 0 Å². The van der Waals surface area contributed by atoms with Crippen molar-refractivity contribution in [3.63, 3.8) is 0 Å². The highest BCUT2D eigenvalue weighted by atomic mass is 35.5. The highest BCUT2D eigenvalue weighted by Crippen LogP contribution is 2.35. The lowest BCUT2D eigenvalue weighted by molar-refractivity contribution is -0.388. The average Bonchev–Trinajstić information content (AvgIpc) is 2.11. The van der Waals surface area contributed by atoms with Crippen LogP contribution in [0, 0.1) is 15.9 Å². The predicted molar refractivity (Wildman–Crippen MR) is 45.1 cm³/mol. The van der Waals surface area contributed by atoms with Gasteiger partial charge < -0.3 is 5.11 Å². The first-order valence-electron chi connectivity index (χ1n) is 3.29. The zero-order valence-corrected chi connectivity index (χ0v) is 7.29. The number of nitrogens with zero attached hydrogens (tertiary/aromatic N) is 1. The third-order valence-corrected chi connectivity index (χ3v) is 1.78. The van der Waals surface area contributed by atoms with E-state index in [1.165, 1.54) is 0 Å².